The molecule has 3 rings (SSSR count). The largest absolute Gasteiger partial charge is 0.0719 e. The van der Waals surface area contributed by atoms with Gasteiger partial charge in [0.05, 0.1) is 10.5 Å². The lowest BCUT2D eigenvalue weighted by atomic mass is 10.0. The van der Waals surface area contributed by atoms with Crippen molar-refractivity contribution in [1.82, 2.24) is 0 Å². The molecule has 1 heterocycles. The van der Waals surface area contributed by atoms with E-state index in [-0.39, 0.29) is 0 Å². The molecular weight excluding hydrogens is 296 g/mol. The molecule has 0 bridgehead atoms. The van der Waals surface area contributed by atoms with Gasteiger partial charge >= 0.3 is 0 Å². The molecule has 0 aromatic heterocycles. The zero-order valence-electron chi connectivity index (χ0n) is 9.56. The first-order valence-electron chi connectivity index (χ1n) is 5.70. The van der Waals surface area contributed by atoms with Gasteiger partial charge in [-0.15, -0.1) is 0 Å². The van der Waals surface area contributed by atoms with E-state index in [1.807, 2.05) is 41.2 Å². The fourth-order valence-electron chi connectivity index (χ4n) is 1.96. The number of benzene rings is 2. The zero-order valence-corrected chi connectivity index (χ0v) is 12.8. The molecule has 18 heavy (non-hydrogen) atoms. The van der Waals surface area contributed by atoms with Gasteiger partial charge in [0.1, 0.15) is 0 Å². The van der Waals surface area contributed by atoms with Crippen LogP contribution < -0.4 is 0 Å². The average Bonchev–Trinajstić information content (AvgIpc) is 2.49. The molecular formula is C14H12S4. The first kappa shape index (κ1) is 12.9. The van der Waals surface area contributed by atoms with Gasteiger partial charge in [-0.05, 0) is 30.8 Å². The molecule has 0 spiro atoms. The highest BCUT2D eigenvalue weighted by Gasteiger charge is 2.30. The molecule has 0 amide bonds. The van der Waals surface area contributed by atoms with E-state index >= 15 is 0 Å². The maximum absolute atomic E-state index is 2.24. The molecule has 0 unspecified atom stereocenters. The first-order chi connectivity index (χ1) is 8.95. The molecule has 4 heteroatoms. The third-order valence-corrected chi connectivity index (χ3v) is 10.0. The minimum absolute atomic E-state index is 0.532. The monoisotopic (exact) mass is 308 g/mol. The highest BCUT2D eigenvalue weighted by molar-refractivity contribution is 9.26. The maximum atomic E-state index is 2.24. The van der Waals surface area contributed by atoms with E-state index in [0.29, 0.717) is 10.5 Å². The van der Waals surface area contributed by atoms with Crippen molar-refractivity contribution in [2.75, 3.05) is 0 Å². The van der Waals surface area contributed by atoms with Gasteiger partial charge in [-0.25, -0.2) is 0 Å². The molecule has 92 valence electrons. The molecule has 1 aliphatic rings. The normalized spacial score (nSPS) is 23.8. The highest BCUT2D eigenvalue weighted by Crippen LogP contribution is 2.66. The molecule has 0 N–H and O–H groups in total. The predicted octanol–water partition coefficient (Wildman–Crippen LogP) is 6.16. The van der Waals surface area contributed by atoms with Crippen LogP contribution in [0, 0.1) is 0 Å². The van der Waals surface area contributed by atoms with E-state index in [1.165, 1.54) is 11.1 Å². The summed E-state index contributed by atoms with van der Waals surface area (Å²) in [5, 5.41) is 1.06. The second-order valence-electron chi connectivity index (χ2n) is 3.99. The van der Waals surface area contributed by atoms with Gasteiger partial charge in [0.25, 0.3) is 0 Å². The Hall–Kier alpha value is -0.160. The van der Waals surface area contributed by atoms with Crippen LogP contribution in [0.15, 0.2) is 60.7 Å². The summed E-state index contributed by atoms with van der Waals surface area (Å²) in [4.78, 5) is 0. The lowest BCUT2D eigenvalue weighted by molar-refractivity contribution is 0.917. The van der Waals surface area contributed by atoms with Gasteiger partial charge in [0.15, 0.2) is 0 Å². The van der Waals surface area contributed by atoms with E-state index in [2.05, 4.69) is 60.7 Å². The number of hydrogen-bond acceptors (Lipinski definition) is 4. The van der Waals surface area contributed by atoms with E-state index in [4.69, 9.17) is 0 Å². The maximum Gasteiger partial charge on any atom is 0.0577 e. The summed E-state index contributed by atoms with van der Waals surface area (Å²) in [5.41, 5.74) is 2.85. The molecule has 0 aliphatic carbocycles. The van der Waals surface area contributed by atoms with Crippen LogP contribution >= 0.6 is 41.2 Å². The van der Waals surface area contributed by atoms with Gasteiger partial charge in [-0.2, -0.15) is 0 Å². The second-order valence-corrected chi connectivity index (χ2v) is 10.1. The van der Waals surface area contributed by atoms with Gasteiger partial charge in [-0.3, -0.25) is 0 Å². The van der Waals surface area contributed by atoms with E-state index < -0.39 is 0 Å². The van der Waals surface area contributed by atoms with Gasteiger partial charge < -0.3 is 0 Å². The Bertz CT molecular complexity index is 438. The Labute approximate surface area is 123 Å². The van der Waals surface area contributed by atoms with Crippen LogP contribution in [0.5, 0.6) is 0 Å². The third-order valence-electron chi connectivity index (χ3n) is 2.84. The quantitative estimate of drug-likeness (QED) is 0.609. The first-order valence-corrected chi connectivity index (χ1v) is 10.6. The molecule has 2 aromatic rings. The second kappa shape index (κ2) is 6.33. The van der Waals surface area contributed by atoms with Crippen LogP contribution in [0.1, 0.15) is 21.6 Å². The van der Waals surface area contributed by atoms with Crippen molar-refractivity contribution < 1.29 is 0 Å². The Morgan fingerprint density at radius 1 is 0.556 bits per heavy atom. The van der Waals surface area contributed by atoms with Crippen molar-refractivity contribution in [3.63, 3.8) is 0 Å². The lowest BCUT2D eigenvalue weighted by Crippen LogP contribution is -2.05. The standard InChI is InChI=1S/C14H12S4/c1-3-7-11(8-4-1)13-14(16-18-17-15-13)12-9-5-2-6-10-12/h1-10,13-14H/t13-,14-/m1/s1. The summed E-state index contributed by atoms with van der Waals surface area (Å²) in [6.45, 7) is 0. The van der Waals surface area contributed by atoms with Crippen molar-refractivity contribution in [3.8, 4) is 0 Å². The van der Waals surface area contributed by atoms with E-state index in [0.717, 1.165) is 0 Å². The van der Waals surface area contributed by atoms with Crippen LogP contribution in [-0.4, -0.2) is 0 Å². The SMILES string of the molecule is c1ccc([C@H]2SSSS[C@@H]2c2ccccc2)cc1. The highest BCUT2D eigenvalue weighted by atomic mass is 33.7. The summed E-state index contributed by atoms with van der Waals surface area (Å²) in [6.07, 6.45) is 0. The topological polar surface area (TPSA) is 0 Å². The molecule has 0 radical (unpaired) electrons. The predicted molar refractivity (Wildman–Crippen MR) is 88.7 cm³/mol. The number of rotatable bonds is 2. The molecule has 1 fully saturated rings. The van der Waals surface area contributed by atoms with Gasteiger partial charge in [-0.1, -0.05) is 82.3 Å². The lowest BCUT2D eigenvalue weighted by Gasteiger charge is -2.29. The van der Waals surface area contributed by atoms with E-state index in [1.54, 1.807) is 0 Å². The minimum Gasteiger partial charge on any atom is -0.0719 e. The van der Waals surface area contributed by atoms with Gasteiger partial charge in [0, 0.05) is 0 Å². The molecule has 1 aliphatic heterocycles. The average molecular weight is 309 g/mol. The summed E-state index contributed by atoms with van der Waals surface area (Å²) >= 11 is 0. The number of hydrogen-bond donors (Lipinski definition) is 0. The smallest absolute Gasteiger partial charge is 0.0577 e. The Morgan fingerprint density at radius 2 is 0.944 bits per heavy atom. The summed E-state index contributed by atoms with van der Waals surface area (Å²) in [6, 6.07) is 21.7. The molecule has 0 saturated carbocycles. The fourth-order valence-corrected chi connectivity index (χ4v) is 9.87. The summed E-state index contributed by atoms with van der Waals surface area (Å²) in [5.74, 6) is 0. The van der Waals surface area contributed by atoms with Gasteiger partial charge in [0.2, 0.25) is 0 Å². The van der Waals surface area contributed by atoms with Crippen molar-refractivity contribution in [1.29, 1.82) is 0 Å². The molecule has 0 nitrogen and oxygen atoms in total. The van der Waals surface area contributed by atoms with Crippen molar-refractivity contribution >= 4 is 41.2 Å². The Kier molecular flexibility index (Phi) is 4.52. The van der Waals surface area contributed by atoms with Crippen LogP contribution in [-0.2, 0) is 0 Å². The molecule has 2 atom stereocenters. The van der Waals surface area contributed by atoms with Crippen LogP contribution in [0.25, 0.3) is 0 Å². The minimum atomic E-state index is 0.532. The third kappa shape index (κ3) is 2.87. The summed E-state index contributed by atoms with van der Waals surface area (Å²) in [7, 11) is 7.74. The zero-order chi connectivity index (χ0) is 12.2. The van der Waals surface area contributed by atoms with E-state index in [9.17, 15) is 0 Å². The summed E-state index contributed by atoms with van der Waals surface area (Å²) < 4.78 is 0. The Morgan fingerprint density at radius 3 is 1.33 bits per heavy atom. The van der Waals surface area contributed by atoms with Crippen LogP contribution in [0.4, 0.5) is 0 Å². The molecule has 2 aromatic carbocycles. The van der Waals surface area contributed by atoms with Crippen molar-refractivity contribution in [2.24, 2.45) is 0 Å². The van der Waals surface area contributed by atoms with Crippen molar-refractivity contribution in [2.45, 2.75) is 10.5 Å². The van der Waals surface area contributed by atoms with Crippen LogP contribution in [0.2, 0.25) is 0 Å². The van der Waals surface area contributed by atoms with Crippen LogP contribution in [0.3, 0.4) is 0 Å². The van der Waals surface area contributed by atoms with Crippen molar-refractivity contribution in [3.05, 3.63) is 71.8 Å². The molecule has 1 saturated heterocycles. The Balaban J connectivity index is 1.92. The fraction of sp³-hybridized carbons (Fsp3) is 0.143.